The highest BCUT2D eigenvalue weighted by Crippen LogP contribution is 2.40. The first-order chi connectivity index (χ1) is 15.2. The van der Waals surface area contributed by atoms with Crippen LogP contribution in [0.5, 0.6) is 5.75 Å². The minimum atomic E-state index is -2.29. The van der Waals surface area contributed by atoms with Gasteiger partial charge in [-0.1, -0.05) is 7.43 Å². The Hall–Kier alpha value is -2.78. The molecule has 5 rings (SSSR count). The summed E-state index contributed by atoms with van der Waals surface area (Å²) in [5.41, 5.74) is 2.79. The molecule has 1 N–H and O–H groups in total. The summed E-state index contributed by atoms with van der Waals surface area (Å²) in [5, 5.41) is 4.11. The maximum Gasteiger partial charge on any atom is 0.146 e. The van der Waals surface area contributed by atoms with Crippen LogP contribution in [0.1, 0.15) is 25.8 Å². The standard InChI is InChI=1S/C23H25FN4O3S.CH4/c1-13-6-16(28-32(2,3)29)10-18-22(13)23(26-12-25-18)27-17-5-4-15(24)9-19(17)31-21-8-14-7-20(21)30-11-14;/h4-6,9-10,12,14,20-21H,7-8,11H2,1-3H3,(H,25,26,27);1H4/t14-,20+,21+;/m1./s1. The molecule has 9 heteroatoms. The fraction of sp³-hybridized carbons (Fsp3) is 0.417. The maximum absolute atomic E-state index is 14.0. The molecule has 0 unspecified atom stereocenters. The van der Waals surface area contributed by atoms with Gasteiger partial charge in [-0.05, 0) is 55.5 Å². The number of ether oxygens (including phenoxy) is 2. The number of nitrogens with one attached hydrogen (secondary N) is 1. The fourth-order valence-electron chi connectivity index (χ4n) is 4.51. The second-order valence-electron chi connectivity index (χ2n) is 8.78. The summed E-state index contributed by atoms with van der Waals surface area (Å²) in [6, 6.07) is 8.07. The minimum absolute atomic E-state index is 0. The van der Waals surface area contributed by atoms with Crippen LogP contribution < -0.4 is 10.1 Å². The van der Waals surface area contributed by atoms with Gasteiger partial charge in [-0.3, -0.25) is 0 Å². The van der Waals surface area contributed by atoms with Crippen LogP contribution in [-0.4, -0.2) is 45.5 Å². The van der Waals surface area contributed by atoms with Crippen molar-refractivity contribution in [2.75, 3.05) is 24.4 Å². The highest BCUT2D eigenvalue weighted by molar-refractivity contribution is 7.92. The lowest BCUT2D eigenvalue weighted by atomic mass is 10.1. The molecule has 2 heterocycles. The molecule has 0 spiro atoms. The molecular formula is C24H29FN4O3S. The summed E-state index contributed by atoms with van der Waals surface area (Å²) in [4.78, 5) is 8.79. The molecule has 1 aromatic heterocycles. The first kappa shape index (κ1) is 23.4. The van der Waals surface area contributed by atoms with E-state index in [4.69, 9.17) is 9.47 Å². The Morgan fingerprint density at radius 3 is 2.73 bits per heavy atom. The third-order valence-electron chi connectivity index (χ3n) is 5.81. The molecule has 1 aliphatic carbocycles. The molecule has 3 atom stereocenters. The van der Waals surface area contributed by atoms with E-state index in [2.05, 4.69) is 19.6 Å². The van der Waals surface area contributed by atoms with Crippen molar-refractivity contribution in [3.05, 3.63) is 48.0 Å². The van der Waals surface area contributed by atoms with Gasteiger partial charge >= 0.3 is 0 Å². The first-order valence-electron chi connectivity index (χ1n) is 10.5. The van der Waals surface area contributed by atoms with Gasteiger partial charge in [-0.25, -0.2) is 18.6 Å². The number of hydrogen-bond donors (Lipinski definition) is 1. The number of fused-ring (bicyclic) bond motifs is 3. The highest BCUT2D eigenvalue weighted by Gasteiger charge is 2.42. The van der Waals surface area contributed by atoms with Crippen LogP contribution in [0.25, 0.3) is 10.9 Å². The quantitative estimate of drug-likeness (QED) is 0.537. The normalized spacial score (nSPS) is 21.6. The summed E-state index contributed by atoms with van der Waals surface area (Å²) in [6.07, 6.45) is 6.54. The van der Waals surface area contributed by atoms with Crippen LogP contribution in [0.2, 0.25) is 0 Å². The molecule has 2 fully saturated rings. The zero-order chi connectivity index (χ0) is 22.5. The van der Waals surface area contributed by atoms with Gasteiger partial charge in [-0.2, -0.15) is 4.36 Å². The monoisotopic (exact) mass is 472 g/mol. The molecule has 176 valence electrons. The zero-order valence-electron chi connectivity index (χ0n) is 18.2. The SMILES string of the molecule is C.Cc1cc(N=S(C)(C)=O)cc2ncnc(Nc3ccc(F)cc3O[C@H]3C[C@@H]4CO[C@H]3C4)c12. The molecule has 7 nitrogen and oxygen atoms in total. The van der Waals surface area contributed by atoms with Crippen LogP contribution in [0.4, 0.5) is 21.6 Å². The molecule has 1 saturated heterocycles. The van der Waals surface area contributed by atoms with Crippen molar-refractivity contribution in [3.63, 3.8) is 0 Å². The number of rotatable bonds is 5. The number of anilines is 2. The maximum atomic E-state index is 14.0. The van der Waals surface area contributed by atoms with Crippen molar-refractivity contribution in [1.82, 2.24) is 9.97 Å². The number of hydrogen-bond acceptors (Lipinski definition) is 7. The predicted molar refractivity (Wildman–Crippen MR) is 130 cm³/mol. The zero-order valence-corrected chi connectivity index (χ0v) is 19.0. The largest absolute Gasteiger partial charge is 0.485 e. The second-order valence-corrected chi connectivity index (χ2v) is 11.3. The van der Waals surface area contributed by atoms with Crippen LogP contribution in [-0.2, 0) is 14.5 Å². The van der Waals surface area contributed by atoms with Gasteiger partial charge in [0.05, 0.1) is 29.6 Å². The molecule has 2 aromatic carbocycles. The van der Waals surface area contributed by atoms with E-state index in [-0.39, 0.29) is 25.5 Å². The number of benzene rings is 2. The van der Waals surface area contributed by atoms with Gasteiger partial charge in [0, 0.05) is 33.7 Å². The predicted octanol–water partition coefficient (Wildman–Crippen LogP) is 5.37. The molecule has 1 saturated carbocycles. The Kier molecular flexibility index (Phi) is 6.28. The van der Waals surface area contributed by atoms with Gasteiger partial charge in [0.15, 0.2) is 0 Å². The van der Waals surface area contributed by atoms with Crippen LogP contribution >= 0.6 is 0 Å². The third kappa shape index (κ3) is 4.94. The van der Waals surface area contributed by atoms with E-state index in [1.807, 2.05) is 13.0 Å². The van der Waals surface area contributed by atoms with Crippen LogP contribution in [0.15, 0.2) is 41.0 Å². The topological polar surface area (TPSA) is 85.7 Å². The molecule has 0 amide bonds. The van der Waals surface area contributed by atoms with Crippen LogP contribution in [0, 0.1) is 18.7 Å². The van der Waals surface area contributed by atoms with Gasteiger partial charge in [0.25, 0.3) is 0 Å². The number of nitrogens with zero attached hydrogens (tertiary/aromatic N) is 3. The van der Waals surface area contributed by atoms with E-state index in [9.17, 15) is 8.60 Å². The lowest BCUT2D eigenvalue weighted by Crippen LogP contribution is -2.30. The van der Waals surface area contributed by atoms with Crippen molar-refractivity contribution in [1.29, 1.82) is 0 Å². The van der Waals surface area contributed by atoms with Gasteiger partial charge in [0.1, 0.15) is 29.8 Å². The fourth-order valence-corrected chi connectivity index (χ4v) is 5.13. The smallest absolute Gasteiger partial charge is 0.146 e. The Bertz CT molecular complexity index is 1310. The van der Waals surface area contributed by atoms with E-state index in [1.165, 1.54) is 18.5 Å². The Balaban J connectivity index is 0.00000259. The summed E-state index contributed by atoms with van der Waals surface area (Å²) in [5.74, 6) is 1.16. The lowest BCUT2D eigenvalue weighted by Gasteiger charge is -2.25. The Labute approximate surface area is 193 Å². The molecule has 1 aliphatic heterocycles. The molecule has 33 heavy (non-hydrogen) atoms. The first-order valence-corrected chi connectivity index (χ1v) is 12.9. The van der Waals surface area contributed by atoms with Crippen molar-refractivity contribution in [3.8, 4) is 5.75 Å². The molecular weight excluding hydrogens is 443 g/mol. The van der Waals surface area contributed by atoms with Gasteiger partial charge < -0.3 is 14.8 Å². The molecule has 2 aliphatic rings. The lowest BCUT2D eigenvalue weighted by molar-refractivity contribution is -0.0106. The van der Waals surface area contributed by atoms with Crippen molar-refractivity contribution in [2.45, 2.75) is 39.4 Å². The average molecular weight is 473 g/mol. The number of aryl methyl sites for hydroxylation is 1. The average Bonchev–Trinajstić information content (AvgIpc) is 3.32. The number of halogens is 1. The Morgan fingerprint density at radius 1 is 1.21 bits per heavy atom. The second kappa shape index (κ2) is 8.87. The van der Waals surface area contributed by atoms with E-state index in [0.29, 0.717) is 34.4 Å². The highest BCUT2D eigenvalue weighted by atomic mass is 32.2. The third-order valence-corrected chi connectivity index (χ3v) is 6.46. The van der Waals surface area contributed by atoms with Crippen molar-refractivity contribution < 1.29 is 18.1 Å². The van der Waals surface area contributed by atoms with Crippen molar-refractivity contribution in [2.24, 2.45) is 10.3 Å². The van der Waals surface area contributed by atoms with E-state index in [0.717, 1.165) is 30.4 Å². The summed E-state index contributed by atoms with van der Waals surface area (Å²) < 4.78 is 42.4. The molecule has 2 bridgehead atoms. The summed E-state index contributed by atoms with van der Waals surface area (Å²) >= 11 is 0. The minimum Gasteiger partial charge on any atom is -0.485 e. The molecule has 3 aromatic rings. The van der Waals surface area contributed by atoms with E-state index < -0.39 is 9.73 Å². The van der Waals surface area contributed by atoms with E-state index >= 15 is 0 Å². The van der Waals surface area contributed by atoms with Gasteiger partial charge in [-0.15, -0.1) is 0 Å². The van der Waals surface area contributed by atoms with Crippen molar-refractivity contribution >= 4 is 37.8 Å². The molecule has 0 radical (unpaired) electrons. The summed E-state index contributed by atoms with van der Waals surface area (Å²) in [6.45, 7) is 2.71. The van der Waals surface area contributed by atoms with Crippen LogP contribution in [0.3, 0.4) is 0 Å². The Morgan fingerprint density at radius 2 is 2.03 bits per heavy atom. The number of aromatic nitrogens is 2. The van der Waals surface area contributed by atoms with Gasteiger partial charge in [0.2, 0.25) is 0 Å². The van der Waals surface area contributed by atoms with E-state index in [1.54, 1.807) is 24.6 Å². The summed E-state index contributed by atoms with van der Waals surface area (Å²) in [7, 11) is -2.29.